The summed E-state index contributed by atoms with van der Waals surface area (Å²) in [6.45, 7) is 8.58. The van der Waals surface area contributed by atoms with Gasteiger partial charge in [-0.3, -0.25) is 4.98 Å². The minimum atomic E-state index is -2.68. The Morgan fingerprint density at radius 2 is 2.00 bits per heavy atom. The topological polar surface area (TPSA) is 84.8 Å². The van der Waals surface area contributed by atoms with E-state index >= 15 is 0 Å². The number of ether oxygens (including phenoxy) is 1. The van der Waals surface area contributed by atoms with Crippen molar-refractivity contribution in [3.63, 3.8) is 0 Å². The van der Waals surface area contributed by atoms with Crippen LogP contribution in [0.1, 0.15) is 44.5 Å². The fourth-order valence-corrected chi connectivity index (χ4v) is 5.36. The first kappa shape index (κ1) is 23.7. The minimum Gasteiger partial charge on any atom is -0.380 e. The molecule has 0 radical (unpaired) electrons. The van der Waals surface area contributed by atoms with Crippen LogP contribution in [-0.2, 0) is 4.74 Å². The molecule has 3 aromatic rings. The normalized spacial score (nSPS) is 18.7. The van der Waals surface area contributed by atoms with Gasteiger partial charge in [0.15, 0.2) is 0 Å². The summed E-state index contributed by atoms with van der Waals surface area (Å²) in [5.41, 5.74) is 3.29. The molecule has 3 aromatic heterocycles. The monoisotopic (exact) mass is 476 g/mol. The molecule has 0 spiro atoms. The van der Waals surface area contributed by atoms with Gasteiger partial charge >= 0.3 is 0 Å². The summed E-state index contributed by atoms with van der Waals surface area (Å²) in [6.07, 6.45) is 3.34. The van der Waals surface area contributed by atoms with E-state index in [9.17, 15) is 8.78 Å². The number of hydrogen-bond acceptors (Lipinski definition) is 8. The van der Waals surface area contributed by atoms with Gasteiger partial charge in [0.1, 0.15) is 16.3 Å². The Kier molecular flexibility index (Phi) is 7.04. The molecule has 1 aliphatic rings. The maximum atomic E-state index is 13.9. The molecule has 33 heavy (non-hydrogen) atoms. The van der Waals surface area contributed by atoms with E-state index in [4.69, 9.17) is 14.7 Å². The molecule has 3 heterocycles. The first-order valence-corrected chi connectivity index (χ1v) is 12.1. The third kappa shape index (κ3) is 5.38. The van der Waals surface area contributed by atoms with Gasteiger partial charge in [-0.25, -0.2) is 18.7 Å². The van der Waals surface area contributed by atoms with Gasteiger partial charge in [-0.15, -0.1) is 11.3 Å². The van der Waals surface area contributed by atoms with Crippen molar-refractivity contribution in [1.82, 2.24) is 19.9 Å². The van der Waals surface area contributed by atoms with Gasteiger partial charge in [-0.05, 0) is 53.0 Å². The van der Waals surface area contributed by atoms with E-state index in [1.54, 1.807) is 17.5 Å². The van der Waals surface area contributed by atoms with Crippen LogP contribution in [0.4, 0.5) is 20.5 Å². The van der Waals surface area contributed by atoms with E-state index in [0.29, 0.717) is 50.8 Å². The molecule has 7 nitrogen and oxygen atoms in total. The summed E-state index contributed by atoms with van der Waals surface area (Å²) in [6, 6.07) is 1.87. The molecule has 0 saturated heterocycles. The smallest absolute Gasteiger partial charge is 0.248 e. The average Bonchev–Trinajstić information content (AvgIpc) is 3.39. The van der Waals surface area contributed by atoms with Gasteiger partial charge in [-0.1, -0.05) is 0 Å². The molecule has 10 heteroatoms. The van der Waals surface area contributed by atoms with Crippen LogP contribution >= 0.6 is 11.3 Å². The summed E-state index contributed by atoms with van der Waals surface area (Å²) in [5.74, 6) is -2.20. The Labute approximate surface area is 196 Å². The molecule has 178 valence electrons. The van der Waals surface area contributed by atoms with Crippen LogP contribution in [0.25, 0.3) is 20.8 Å². The first-order valence-electron chi connectivity index (χ1n) is 11.3. The van der Waals surface area contributed by atoms with Crippen molar-refractivity contribution in [2.75, 3.05) is 30.4 Å². The number of halogens is 2. The molecule has 1 fully saturated rings. The van der Waals surface area contributed by atoms with E-state index in [1.165, 1.54) is 0 Å². The number of thiazole rings is 1. The highest BCUT2D eigenvalue weighted by Gasteiger charge is 2.40. The van der Waals surface area contributed by atoms with Crippen molar-refractivity contribution in [2.24, 2.45) is 5.92 Å². The number of anilines is 2. The van der Waals surface area contributed by atoms with Crippen LogP contribution in [0.5, 0.6) is 0 Å². The molecule has 2 unspecified atom stereocenters. The van der Waals surface area contributed by atoms with Crippen LogP contribution in [0.3, 0.4) is 0 Å². The lowest BCUT2D eigenvalue weighted by atomic mass is 10.0. The number of alkyl halides is 2. The zero-order valence-electron chi connectivity index (χ0n) is 19.4. The number of hydrogen-bond donors (Lipinski definition) is 2. The summed E-state index contributed by atoms with van der Waals surface area (Å²) < 4.78 is 34.2. The summed E-state index contributed by atoms with van der Waals surface area (Å²) in [4.78, 5) is 18.5. The van der Waals surface area contributed by atoms with Crippen LogP contribution in [-0.4, -0.2) is 51.7 Å². The summed E-state index contributed by atoms with van der Waals surface area (Å²) in [5, 5.41) is 7.44. The minimum absolute atomic E-state index is 0.0806. The number of pyridine rings is 1. The number of fused-ring (bicyclic) bond motifs is 1. The third-order valence-corrected chi connectivity index (χ3v) is 7.06. The molecule has 0 aliphatic heterocycles. The lowest BCUT2D eigenvalue weighted by Crippen LogP contribution is -2.24. The summed E-state index contributed by atoms with van der Waals surface area (Å²) in [7, 11) is 0. The number of aromatic nitrogens is 4. The van der Waals surface area contributed by atoms with Crippen molar-refractivity contribution in [3.05, 3.63) is 23.7 Å². The number of aryl methyl sites for hydroxylation is 2. The SMILES string of the molecule is CCOCCNc1nc(C)c(-c2nc3c(C)nccc3s2)c(NC2CCC(C(C)(F)F)C2)n1. The van der Waals surface area contributed by atoms with Gasteiger partial charge in [0.05, 0.1) is 28.3 Å². The highest BCUT2D eigenvalue weighted by atomic mass is 32.1. The first-order chi connectivity index (χ1) is 15.8. The van der Waals surface area contributed by atoms with Crippen LogP contribution in [0.2, 0.25) is 0 Å². The number of nitrogens with one attached hydrogen (secondary N) is 2. The van der Waals surface area contributed by atoms with Crippen molar-refractivity contribution in [3.8, 4) is 10.6 Å². The zero-order valence-corrected chi connectivity index (χ0v) is 20.2. The van der Waals surface area contributed by atoms with E-state index in [-0.39, 0.29) is 6.04 Å². The predicted molar refractivity (Wildman–Crippen MR) is 128 cm³/mol. The number of rotatable bonds is 9. The van der Waals surface area contributed by atoms with Crippen molar-refractivity contribution < 1.29 is 13.5 Å². The molecule has 2 atom stereocenters. The van der Waals surface area contributed by atoms with Gasteiger partial charge < -0.3 is 15.4 Å². The fourth-order valence-electron chi connectivity index (χ4n) is 4.25. The highest BCUT2D eigenvalue weighted by molar-refractivity contribution is 7.21. The molecule has 0 bridgehead atoms. The maximum absolute atomic E-state index is 13.9. The quantitative estimate of drug-likeness (QED) is 0.397. The van der Waals surface area contributed by atoms with Crippen LogP contribution < -0.4 is 10.6 Å². The van der Waals surface area contributed by atoms with E-state index < -0.39 is 11.8 Å². The predicted octanol–water partition coefficient (Wildman–Crippen LogP) is 5.45. The van der Waals surface area contributed by atoms with Gasteiger partial charge in [0.2, 0.25) is 11.9 Å². The standard InChI is InChI=1S/C23H30F2N6OS/c1-5-32-11-10-27-22-28-13(2)18(21-30-19-14(3)26-9-8-17(19)33-21)20(31-22)29-16-7-6-15(12-16)23(4,24)25/h8-9,15-16H,5-7,10-12H2,1-4H3,(H2,27,28,29,31). The van der Waals surface area contributed by atoms with E-state index in [2.05, 4.69) is 20.6 Å². The molecule has 4 rings (SSSR count). The Morgan fingerprint density at radius 1 is 1.18 bits per heavy atom. The average molecular weight is 477 g/mol. The van der Waals surface area contributed by atoms with Crippen molar-refractivity contribution >= 4 is 33.3 Å². The van der Waals surface area contributed by atoms with E-state index in [0.717, 1.165) is 39.1 Å². The molecular weight excluding hydrogens is 446 g/mol. The molecular formula is C23H30F2N6OS. The van der Waals surface area contributed by atoms with Gasteiger partial charge in [0, 0.05) is 31.3 Å². The second kappa shape index (κ2) is 9.80. The molecule has 2 N–H and O–H groups in total. The fraction of sp³-hybridized carbons (Fsp3) is 0.565. The highest BCUT2D eigenvalue weighted by Crippen LogP contribution is 2.41. The van der Waals surface area contributed by atoms with E-state index in [1.807, 2.05) is 26.8 Å². The molecule has 1 aliphatic carbocycles. The zero-order chi connectivity index (χ0) is 23.6. The van der Waals surface area contributed by atoms with Crippen LogP contribution in [0.15, 0.2) is 12.3 Å². The van der Waals surface area contributed by atoms with Crippen LogP contribution in [0, 0.1) is 19.8 Å². The maximum Gasteiger partial charge on any atom is 0.248 e. The Balaban J connectivity index is 1.67. The third-order valence-electron chi connectivity index (χ3n) is 6.02. The largest absolute Gasteiger partial charge is 0.380 e. The van der Waals surface area contributed by atoms with Gasteiger partial charge in [-0.2, -0.15) is 4.98 Å². The number of nitrogens with zero attached hydrogens (tertiary/aromatic N) is 4. The molecule has 1 saturated carbocycles. The van der Waals surface area contributed by atoms with Gasteiger partial charge in [0.25, 0.3) is 0 Å². The summed E-state index contributed by atoms with van der Waals surface area (Å²) >= 11 is 1.55. The Bertz CT molecular complexity index is 1120. The Morgan fingerprint density at radius 3 is 2.70 bits per heavy atom. The molecule has 0 amide bonds. The second-order valence-corrected chi connectivity index (χ2v) is 9.58. The van der Waals surface area contributed by atoms with Crippen molar-refractivity contribution in [2.45, 2.75) is 58.9 Å². The molecule has 0 aromatic carbocycles. The van der Waals surface area contributed by atoms with Crippen molar-refractivity contribution in [1.29, 1.82) is 0 Å². The lowest BCUT2D eigenvalue weighted by Gasteiger charge is -2.20. The lowest BCUT2D eigenvalue weighted by molar-refractivity contribution is -0.0369. The second-order valence-electron chi connectivity index (χ2n) is 8.55. The Hall–Kier alpha value is -2.46.